The average molecular weight is 289 g/mol. The number of hydrogen-bond donors (Lipinski definition) is 2. The summed E-state index contributed by atoms with van der Waals surface area (Å²) in [6.07, 6.45) is 0.876. The highest BCUT2D eigenvalue weighted by Crippen LogP contribution is 2.16. The average Bonchev–Trinajstić information content (AvgIpc) is 2.98. The second kappa shape index (κ2) is 6.95. The summed E-state index contributed by atoms with van der Waals surface area (Å²) in [5.41, 5.74) is 1.21. The SMILES string of the molecule is COc1ccc(CCNC(C)c2ccc(C(=O)O)o2)cc1. The maximum Gasteiger partial charge on any atom is 0.371 e. The zero-order valence-electron chi connectivity index (χ0n) is 12.1. The molecule has 0 saturated carbocycles. The zero-order chi connectivity index (χ0) is 15.2. The second-order valence-electron chi connectivity index (χ2n) is 4.78. The Labute approximate surface area is 123 Å². The minimum Gasteiger partial charge on any atom is -0.497 e. The molecule has 5 nitrogen and oxygen atoms in total. The number of benzene rings is 1. The Kier molecular flexibility index (Phi) is 5.00. The minimum absolute atomic E-state index is 0.0312. The van der Waals surface area contributed by atoms with Gasteiger partial charge in [0.1, 0.15) is 11.5 Å². The van der Waals surface area contributed by atoms with Crippen LogP contribution in [0.15, 0.2) is 40.8 Å². The lowest BCUT2D eigenvalue weighted by molar-refractivity contribution is 0.0659. The van der Waals surface area contributed by atoms with Crippen LogP contribution in [0.5, 0.6) is 5.75 Å². The van der Waals surface area contributed by atoms with Gasteiger partial charge in [-0.15, -0.1) is 0 Å². The third-order valence-electron chi connectivity index (χ3n) is 3.29. The molecule has 1 atom stereocenters. The molecule has 0 amide bonds. The van der Waals surface area contributed by atoms with E-state index in [4.69, 9.17) is 14.3 Å². The molecule has 1 unspecified atom stereocenters. The number of furan rings is 1. The molecule has 112 valence electrons. The highest BCUT2D eigenvalue weighted by molar-refractivity contribution is 5.84. The smallest absolute Gasteiger partial charge is 0.371 e. The van der Waals surface area contributed by atoms with Crippen molar-refractivity contribution in [2.75, 3.05) is 13.7 Å². The summed E-state index contributed by atoms with van der Waals surface area (Å²) >= 11 is 0. The van der Waals surface area contributed by atoms with Crippen LogP contribution in [0.4, 0.5) is 0 Å². The van der Waals surface area contributed by atoms with Gasteiger partial charge in [-0.3, -0.25) is 0 Å². The van der Waals surface area contributed by atoms with E-state index < -0.39 is 5.97 Å². The maximum absolute atomic E-state index is 10.8. The summed E-state index contributed by atoms with van der Waals surface area (Å²) in [5.74, 6) is 0.388. The lowest BCUT2D eigenvalue weighted by Crippen LogP contribution is -2.21. The number of methoxy groups -OCH3 is 1. The van der Waals surface area contributed by atoms with Gasteiger partial charge in [0.25, 0.3) is 0 Å². The predicted molar refractivity (Wildman–Crippen MR) is 78.8 cm³/mol. The molecule has 2 rings (SSSR count). The molecule has 0 aliphatic rings. The molecule has 1 aromatic heterocycles. The van der Waals surface area contributed by atoms with Crippen LogP contribution < -0.4 is 10.1 Å². The first-order chi connectivity index (χ1) is 10.1. The van der Waals surface area contributed by atoms with E-state index >= 15 is 0 Å². The molecular weight excluding hydrogens is 270 g/mol. The summed E-state index contributed by atoms with van der Waals surface area (Å²) in [5, 5.41) is 12.1. The number of aromatic carboxylic acids is 1. The van der Waals surface area contributed by atoms with Crippen molar-refractivity contribution < 1.29 is 19.1 Å². The minimum atomic E-state index is -1.05. The van der Waals surface area contributed by atoms with Crippen molar-refractivity contribution in [2.24, 2.45) is 0 Å². The van der Waals surface area contributed by atoms with Crippen LogP contribution in [0, 0.1) is 0 Å². The van der Waals surface area contributed by atoms with Crippen LogP contribution >= 0.6 is 0 Å². The van der Waals surface area contributed by atoms with E-state index in [1.165, 1.54) is 11.6 Å². The third kappa shape index (κ3) is 4.10. The van der Waals surface area contributed by atoms with Crippen LogP contribution in [0.1, 0.15) is 34.8 Å². The first-order valence-corrected chi connectivity index (χ1v) is 6.79. The molecule has 2 aromatic rings. The summed E-state index contributed by atoms with van der Waals surface area (Å²) in [6, 6.07) is 11.1. The van der Waals surface area contributed by atoms with E-state index in [0.29, 0.717) is 5.76 Å². The number of carboxylic acids is 1. The van der Waals surface area contributed by atoms with Crippen molar-refractivity contribution in [3.8, 4) is 5.75 Å². The Balaban J connectivity index is 1.82. The van der Waals surface area contributed by atoms with Gasteiger partial charge in [-0.25, -0.2) is 4.79 Å². The Morgan fingerprint density at radius 1 is 1.29 bits per heavy atom. The summed E-state index contributed by atoms with van der Waals surface area (Å²) in [6.45, 7) is 2.72. The standard InChI is InChI=1S/C16H19NO4/c1-11(14-7-8-15(21-14)16(18)19)17-10-9-12-3-5-13(20-2)6-4-12/h3-8,11,17H,9-10H2,1-2H3,(H,18,19). The Hall–Kier alpha value is -2.27. The van der Waals surface area contributed by atoms with Crippen LogP contribution in [0.3, 0.4) is 0 Å². The van der Waals surface area contributed by atoms with E-state index in [1.807, 2.05) is 31.2 Å². The van der Waals surface area contributed by atoms with Gasteiger partial charge in [0, 0.05) is 0 Å². The molecule has 0 radical (unpaired) electrons. The fourth-order valence-corrected chi connectivity index (χ4v) is 2.03. The monoisotopic (exact) mass is 289 g/mol. The van der Waals surface area contributed by atoms with Gasteiger partial charge in [0.15, 0.2) is 0 Å². The molecule has 5 heteroatoms. The van der Waals surface area contributed by atoms with Gasteiger partial charge < -0.3 is 19.6 Å². The largest absolute Gasteiger partial charge is 0.497 e. The Bertz CT molecular complexity index is 589. The highest BCUT2D eigenvalue weighted by Gasteiger charge is 2.13. The quantitative estimate of drug-likeness (QED) is 0.820. The molecule has 0 spiro atoms. The molecular formula is C16H19NO4. The number of hydrogen-bond acceptors (Lipinski definition) is 4. The normalized spacial score (nSPS) is 12.1. The first-order valence-electron chi connectivity index (χ1n) is 6.79. The van der Waals surface area contributed by atoms with Crippen molar-refractivity contribution in [1.82, 2.24) is 5.32 Å². The van der Waals surface area contributed by atoms with E-state index in [2.05, 4.69) is 5.32 Å². The van der Waals surface area contributed by atoms with E-state index in [1.54, 1.807) is 13.2 Å². The van der Waals surface area contributed by atoms with Gasteiger partial charge in [0.2, 0.25) is 5.76 Å². The molecule has 0 aliphatic heterocycles. The predicted octanol–water partition coefficient (Wildman–Crippen LogP) is 2.88. The fraction of sp³-hybridized carbons (Fsp3) is 0.312. The lowest BCUT2D eigenvalue weighted by Gasteiger charge is -2.11. The molecule has 21 heavy (non-hydrogen) atoms. The zero-order valence-corrected chi connectivity index (χ0v) is 12.1. The van der Waals surface area contributed by atoms with E-state index in [9.17, 15) is 4.79 Å². The maximum atomic E-state index is 10.8. The van der Waals surface area contributed by atoms with Crippen molar-refractivity contribution in [2.45, 2.75) is 19.4 Å². The van der Waals surface area contributed by atoms with Crippen LogP contribution in [-0.4, -0.2) is 24.7 Å². The topological polar surface area (TPSA) is 71.7 Å². The van der Waals surface area contributed by atoms with Crippen LogP contribution in [-0.2, 0) is 6.42 Å². The fourth-order valence-electron chi connectivity index (χ4n) is 2.03. The van der Waals surface area contributed by atoms with Crippen molar-refractivity contribution >= 4 is 5.97 Å². The summed E-state index contributed by atoms with van der Waals surface area (Å²) in [4.78, 5) is 10.8. The van der Waals surface area contributed by atoms with Crippen LogP contribution in [0.25, 0.3) is 0 Å². The van der Waals surface area contributed by atoms with E-state index in [0.717, 1.165) is 18.7 Å². The van der Waals surface area contributed by atoms with Crippen molar-refractivity contribution in [1.29, 1.82) is 0 Å². The molecule has 2 N–H and O–H groups in total. The number of rotatable bonds is 7. The molecule has 0 bridgehead atoms. The lowest BCUT2D eigenvalue weighted by atomic mass is 10.1. The van der Waals surface area contributed by atoms with Crippen LogP contribution in [0.2, 0.25) is 0 Å². The summed E-state index contributed by atoms with van der Waals surface area (Å²) in [7, 11) is 1.65. The molecule has 0 aliphatic carbocycles. The second-order valence-corrected chi connectivity index (χ2v) is 4.78. The van der Waals surface area contributed by atoms with Crippen molar-refractivity contribution in [3.05, 3.63) is 53.5 Å². The molecule has 1 aromatic carbocycles. The number of nitrogens with one attached hydrogen (secondary N) is 1. The molecule has 1 heterocycles. The molecule has 0 saturated heterocycles. The Morgan fingerprint density at radius 2 is 2.00 bits per heavy atom. The number of carbonyl (C=O) groups is 1. The van der Waals surface area contributed by atoms with Gasteiger partial charge in [-0.1, -0.05) is 12.1 Å². The van der Waals surface area contributed by atoms with Gasteiger partial charge in [-0.05, 0) is 49.7 Å². The highest BCUT2D eigenvalue weighted by atomic mass is 16.5. The van der Waals surface area contributed by atoms with Crippen molar-refractivity contribution in [3.63, 3.8) is 0 Å². The summed E-state index contributed by atoms with van der Waals surface area (Å²) < 4.78 is 10.4. The first kappa shape index (κ1) is 15.1. The molecule has 0 fully saturated rings. The number of ether oxygens (including phenoxy) is 1. The van der Waals surface area contributed by atoms with Gasteiger partial charge in [-0.2, -0.15) is 0 Å². The Morgan fingerprint density at radius 3 is 2.57 bits per heavy atom. The van der Waals surface area contributed by atoms with Gasteiger partial charge >= 0.3 is 5.97 Å². The van der Waals surface area contributed by atoms with E-state index in [-0.39, 0.29) is 11.8 Å². The third-order valence-corrected chi connectivity index (χ3v) is 3.29. The van der Waals surface area contributed by atoms with Gasteiger partial charge in [0.05, 0.1) is 13.2 Å². The number of carboxylic acid groups (broad SMARTS) is 1.